The molecule has 0 aliphatic carbocycles. The third kappa shape index (κ3) is 6.24. The number of carbonyl (C=O) groups is 2. The zero-order valence-corrected chi connectivity index (χ0v) is 24.3. The van der Waals surface area contributed by atoms with E-state index in [0.717, 1.165) is 18.2 Å². The second-order valence-corrected chi connectivity index (χ2v) is 13.9. The van der Waals surface area contributed by atoms with E-state index in [1.54, 1.807) is 19.1 Å². The number of amides is 2. The van der Waals surface area contributed by atoms with Gasteiger partial charge in [0.1, 0.15) is 0 Å². The predicted molar refractivity (Wildman–Crippen MR) is 147 cm³/mol. The molecule has 0 spiro atoms. The fourth-order valence-corrected chi connectivity index (χ4v) is 7.44. The van der Waals surface area contributed by atoms with Crippen molar-refractivity contribution in [2.24, 2.45) is 4.99 Å². The molecular weight excluding hydrogens is 564 g/mol. The molecule has 39 heavy (non-hydrogen) atoms. The van der Waals surface area contributed by atoms with Gasteiger partial charge in [-0.05, 0) is 55.8 Å². The Morgan fingerprint density at radius 1 is 0.949 bits per heavy atom. The van der Waals surface area contributed by atoms with Gasteiger partial charge in [0, 0.05) is 44.5 Å². The topological polar surface area (TPSA) is 135 Å². The molecule has 11 nitrogen and oxygen atoms in total. The molecule has 0 bridgehead atoms. The lowest BCUT2D eigenvalue weighted by Gasteiger charge is -2.33. The van der Waals surface area contributed by atoms with Gasteiger partial charge in [0.25, 0.3) is 5.91 Å². The monoisotopic (exact) mass is 594 g/mol. The number of sulfone groups is 1. The van der Waals surface area contributed by atoms with Crippen LogP contribution in [0.5, 0.6) is 0 Å². The Bertz CT molecular complexity index is 1670. The van der Waals surface area contributed by atoms with Crippen LogP contribution < -0.4 is 4.80 Å². The van der Waals surface area contributed by atoms with Gasteiger partial charge in [-0.3, -0.25) is 4.79 Å². The summed E-state index contributed by atoms with van der Waals surface area (Å²) in [5.74, 6) is -0.540. The van der Waals surface area contributed by atoms with Gasteiger partial charge < -0.3 is 14.2 Å². The summed E-state index contributed by atoms with van der Waals surface area (Å²) in [5, 5.41) is 0. The van der Waals surface area contributed by atoms with Crippen LogP contribution >= 0.6 is 11.3 Å². The van der Waals surface area contributed by atoms with Crippen molar-refractivity contribution in [1.29, 1.82) is 0 Å². The van der Waals surface area contributed by atoms with E-state index in [0.29, 0.717) is 16.0 Å². The highest BCUT2D eigenvalue weighted by atomic mass is 32.2. The highest BCUT2D eigenvalue weighted by Crippen LogP contribution is 2.23. The van der Waals surface area contributed by atoms with Crippen molar-refractivity contribution in [3.05, 3.63) is 52.8 Å². The summed E-state index contributed by atoms with van der Waals surface area (Å²) in [5.41, 5.74) is 1.00. The van der Waals surface area contributed by atoms with E-state index < -0.39 is 31.9 Å². The summed E-state index contributed by atoms with van der Waals surface area (Å²) in [7, 11) is -7.20. The molecule has 1 aromatic heterocycles. The largest absolute Gasteiger partial charge is 0.450 e. The first-order valence-corrected chi connectivity index (χ1v) is 16.5. The first kappa shape index (κ1) is 28.9. The Balaban J connectivity index is 1.56. The zero-order valence-electron chi connectivity index (χ0n) is 21.9. The third-order valence-electron chi connectivity index (χ3n) is 6.23. The molecule has 3 aromatic rings. The Labute approximate surface area is 231 Å². The average molecular weight is 595 g/mol. The second kappa shape index (κ2) is 11.6. The minimum atomic E-state index is -3.81. The summed E-state index contributed by atoms with van der Waals surface area (Å²) in [6.45, 7) is 5.28. The number of hydrogen-bond donors (Lipinski definition) is 0. The second-order valence-electron chi connectivity index (χ2n) is 8.97. The van der Waals surface area contributed by atoms with Gasteiger partial charge in [-0.25, -0.2) is 21.6 Å². The number of aromatic nitrogens is 1. The van der Waals surface area contributed by atoms with E-state index in [1.165, 1.54) is 50.9 Å². The molecule has 1 aliphatic rings. The number of ether oxygens (including phenoxy) is 1. The Morgan fingerprint density at radius 2 is 1.59 bits per heavy atom. The van der Waals surface area contributed by atoms with E-state index in [4.69, 9.17) is 4.74 Å². The number of aryl methyl sites for hydroxylation is 1. The van der Waals surface area contributed by atoms with Crippen LogP contribution in [0, 0.1) is 0 Å². The molecule has 4 rings (SSSR count). The maximum atomic E-state index is 13.1. The Morgan fingerprint density at radius 3 is 2.18 bits per heavy atom. The molecule has 0 unspecified atom stereocenters. The number of nitrogens with zero attached hydrogens (tertiary/aromatic N) is 4. The van der Waals surface area contributed by atoms with Crippen LogP contribution in [0.2, 0.25) is 0 Å². The van der Waals surface area contributed by atoms with Crippen molar-refractivity contribution >= 4 is 53.4 Å². The average Bonchev–Trinajstić information content (AvgIpc) is 3.24. The van der Waals surface area contributed by atoms with Crippen LogP contribution in [0.1, 0.15) is 30.6 Å². The van der Waals surface area contributed by atoms with Gasteiger partial charge >= 0.3 is 6.09 Å². The number of fused-ring (bicyclic) bond motifs is 1. The highest BCUT2D eigenvalue weighted by Gasteiger charge is 2.30. The number of rotatable bonds is 7. The lowest BCUT2D eigenvalue weighted by molar-refractivity contribution is 0.0933. The summed E-state index contributed by atoms with van der Waals surface area (Å²) >= 11 is 1.22. The van der Waals surface area contributed by atoms with Crippen molar-refractivity contribution in [2.75, 3.05) is 39.0 Å². The lowest BCUT2D eigenvalue weighted by Crippen LogP contribution is -2.50. The number of benzene rings is 2. The van der Waals surface area contributed by atoms with Gasteiger partial charge in [-0.2, -0.15) is 9.30 Å². The van der Waals surface area contributed by atoms with Crippen LogP contribution in [-0.4, -0.2) is 81.6 Å². The lowest BCUT2D eigenvalue weighted by atomic mass is 10.2. The quantitative estimate of drug-likeness (QED) is 0.410. The van der Waals surface area contributed by atoms with Gasteiger partial charge in [-0.1, -0.05) is 18.3 Å². The maximum absolute atomic E-state index is 13.1. The van der Waals surface area contributed by atoms with Crippen LogP contribution in [0.25, 0.3) is 10.2 Å². The predicted octanol–water partition coefficient (Wildman–Crippen LogP) is 2.72. The van der Waals surface area contributed by atoms with Crippen molar-refractivity contribution in [3.8, 4) is 0 Å². The first-order chi connectivity index (χ1) is 18.5. The standard InChI is InChI=1S/C25H30N4O7S3/c1-4-12-29-21-11-10-20(38(3,32)33)17-22(21)37-24(29)26-23(30)18-6-8-19(9-7-18)39(34,35)28-15-13-27(14-16-28)25(31)36-5-2/h6-11,17H,4-5,12-16H2,1-3H3. The molecule has 0 N–H and O–H groups in total. The number of sulfonamides is 1. The number of piperazine rings is 1. The number of hydrogen-bond acceptors (Lipinski definition) is 8. The molecule has 1 saturated heterocycles. The molecule has 210 valence electrons. The molecule has 14 heteroatoms. The molecular formula is C25H30N4O7S3. The molecule has 2 amide bonds. The molecule has 1 fully saturated rings. The molecule has 0 saturated carbocycles. The van der Waals surface area contributed by atoms with E-state index in [-0.39, 0.29) is 48.1 Å². The molecule has 0 atom stereocenters. The van der Waals surface area contributed by atoms with Gasteiger partial charge in [0.05, 0.1) is 26.6 Å². The van der Waals surface area contributed by atoms with Crippen LogP contribution in [0.15, 0.2) is 57.2 Å². The first-order valence-electron chi connectivity index (χ1n) is 12.4. The summed E-state index contributed by atoms with van der Waals surface area (Å²) < 4.78 is 59.0. The smallest absolute Gasteiger partial charge is 0.409 e. The van der Waals surface area contributed by atoms with Crippen LogP contribution in [-0.2, 0) is 31.1 Å². The maximum Gasteiger partial charge on any atom is 0.409 e. The van der Waals surface area contributed by atoms with Crippen molar-refractivity contribution in [2.45, 2.75) is 36.6 Å². The molecule has 2 aromatic carbocycles. The van der Waals surface area contributed by atoms with Gasteiger partial charge in [0.2, 0.25) is 10.0 Å². The molecule has 1 aliphatic heterocycles. The SMILES string of the molecule is CCCn1c(=NC(=O)c2ccc(S(=O)(=O)N3CCN(C(=O)OCC)CC3)cc2)sc2cc(S(C)(=O)=O)ccc21. The summed E-state index contributed by atoms with van der Waals surface area (Å²) in [4.78, 5) is 31.3. The molecule has 2 heterocycles. The van der Waals surface area contributed by atoms with Crippen molar-refractivity contribution in [3.63, 3.8) is 0 Å². The third-order valence-corrected chi connectivity index (χ3v) is 10.3. The Hall–Kier alpha value is -3.07. The van der Waals surface area contributed by atoms with Crippen LogP contribution in [0.4, 0.5) is 4.79 Å². The fourth-order valence-electron chi connectivity index (χ4n) is 4.20. The van der Waals surface area contributed by atoms with Gasteiger partial charge in [0.15, 0.2) is 14.6 Å². The minimum absolute atomic E-state index is 0.0415. The number of thiazole rings is 1. The zero-order chi connectivity index (χ0) is 28.4. The van der Waals surface area contributed by atoms with Crippen molar-refractivity contribution < 1.29 is 31.2 Å². The normalized spacial score (nSPS) is 15.6. The molecule has 0 radical (unpaired) electrons. The van der Waals surface area contributed by atoms with Crippen LogP contribution in [0.3, 0.4) is 0 Å². The fraction of sp³-hybridized carbons (Fsp3) is 0.400. The van der Waals surface area contributed by atoms with E-state index in [9.17, 15) is 26.4 Å². The minimum Gasteiger partial charge on any atom is -0.450 e. The van der Waals surface area contributed by atoms with Gasteiger partial charge in [-0.15, -0.1) is 0 Å². The van der Waals surface area contributed by atoms with Crippen molar-refractivity contribution in [1.82, 2.24) is 13.8 Å². The number of carbonyl (C=O) groups excluding carboxylic acids is 2. The van der Waals surface area contributed by atoms with E-state index >= 15 is 0 Å². The summed E-state index contributed by atoms with van der Waals surface area (Å²) in [6.07, 6.45) is 1.46. The highest BCUT2D eigenvalue weighted by molar-refractivity contribution is 7.90. The summed E-state index contributed by atoms with van der Waals surface area (Å²) in [6, 6.07) is 10.4. The van der Waals surface area contributed by atoms with E-state index in [2.05, 4.69) is 4.99 Å². The van der Waals surface area contributed by atoms with E-state index in [1.807, 2.05) is 11.5 Å². The Kier molecular flexibility index (Phi) is 8.59.